The second-order valence-electron chi connectivity index (χ2n) is 6.31. The van der Waals surface area contributed by atoms with Crippen LogP contribution in [0.3, 0.4) is 0 Å². The highest BCUT2D eigenvalue weighted by molar-refractivity contribution is 6.09. The SMILES string of the molecule is Cc1cc(/C=C(/C#N)C(=O)Nc2ccc(O)cc2)c(C)n1-c1cccc(F)c1. The number of benzene rings is 2. The first-order valence-corrected chi connectivity index (χ1v) is 8.56. The van der Waals surface area contributed by atoms with E-state index in [1.54, 1.807) is 12.1 Å². The lowest BCUT2D eigenvalue weighted by atomic mass is 10.1. The average molecular weight is 375 g/mol. The van der Waals surface area contributed by atoms with E-state index in [1.807, 2.05) is 30.6 Å². The summed E-state index contributed by atoms with van der Waals surface area (Å²) in [4.78, 5) is 12.4. The highest BCUT2D eigenvalue weighted by Crippen LogP contribution is 2.24. The highest BCUT2D eigenvalue weighted by Gasteiger charge is 2.14. The van der Waals surface area contributed by atoms with Crippen molar-refractivity contribution in [1.82, 2.24) is 4.57 Å². The molecule has 0 unspecified atom stereocenters. The standard InChI is InChI=1S/C22H18FN3O2/c1-14-10-16(15(2)26(14)20-5-3-4-18(23)12-20)11-17(13-24)22(28)25-19-6-8-21(27)9-7-19/h3-12,27H,1-2H3,(H,25,28)/b17-11-. The Labute approximate surface area is 162 Å². The number of carbonyl (C=O) groups excluding carboxylic acids is 1. The van der Waals surface area contributed by atoms with Gasteiger partial charge in [-0.3, -0.25) is 4.79 Å². The van der Waals surface area contributed by atoms with Crippen molar-refractivity contribution < 1.29 is 14.3 Å². The lowest BCUT2D eigenvalue weighted by molar-refractivity contribution is -0.112. The molecule has 0 saturated heterocycles. The van der Waals surface area contributed by atoms with Crippen molar-refractivity contribution in [3.05, 3.63) is 82.9 Å². The van der Waals surface area contributed by atoms with E-state index in [0.717, 1.165) is 11.4 Å². The normalized spacial score (nSPS) is 11.1. The lowest BCUT2D eigenvalue weighted by Gasteiger charge is -2.09. The zero-order valence-electron chi connectivity index (χ0n) is 15.4. The van der Waals surface area contributed by atoms with Crippen LogP contribution in [0.5, 0.6) is 5.75 Å². The van der Waals surface area contributed by atoms with Crippen LogP contribution in [0.25, 0.3) is 11.8 Å². The number of rotatable bonds is 4. The third-order valence-corrected chi connectivity index (χ3v) is 4.33. The molecular weight excluding hydrogens is 357 g/mol. The molecule has 0 atom stereocenters. The molecule has 0 spiro atoms. The number of hydrogen-bond donors (Lipinski definition) is 2. The van der Waals surface area contributed by atoms with E-state index in [2.05, 4.69) is 5.32 Å². The fraction of sp³-hybridized carbons (Fsp3) is 0.0909. The van der Waals surface area contributed by atoms with Gasteiger partial charge in [0.05, 0.1) is 0 Å². The number of nitrogens with zero attached hydrogens (tertiary/aromatic N) is 2. The van der Waals surface area contributed by atoms with Gasteiger partial charge in [0.2, 0.25) is 0 Å². The largest absolute Gasteiger partial charge is 0.508 e. The van der Waals surface area contributed by atoms with Crippen molar-refractivity contribution in [3.63, 3.8) is 0 Å². The fourth-order valence-corrected chi connectivity index (χ4v) is 2.99. The van der Waals surface area contributed by atoms with Crippen molar-refractivity contribution in [3.8, 4) is 17.5 Å². The second-order valence-corrected chi connectivity index (χ2v) is 6.31. The number of phenolic OH excluding ortho intramolecular Hbond substituents is 1. The lowest BCUT2D eigenvalue weighted by Crippen LogP contribution is -2.13. The average Bonchev–Trinajstić information content (AvgIpc) is 2.94. The van der Waals surface area contributed by atoms with E-state index >= 15 is 0 Å². The molecule has 0 saturated carbocycles. The van der Waals surface area contributed by atoms with E-state index in [4.69, 9.17) is 0 Å². The maximum absolute atomic E-state index is 13.6. The van der Waals surface area contributed by atoms with E-state index in [1.165, 1.54) is 42.5 Å². The van der Waals surface area contributed by atoms with E-state index in [0.29, 0.717) is 16.9 Å². The molecule has 140 valence electrons. The molecule has 0 aliphatic rings. The number of halogens is 1. The molecule has 5 nitrogen and oxygen atoms in total. The predicted octanol–water partition coefficient (Wildman–Crippen LogP) is 4.48. The number of nitriles is 1. The van der Waals surface area contributed by atoms with Gasteiger partial charge >= 0.3 is 0 Å². The van der Waals surface area contributed by atoms with Crippen LogP contribution in [0.4, 0.5) is 10.1 Å². The van der Waals surface area contributed by atoms with Gasteiger partial charge in [0.1, 0.15) is 23.2 Å². The molecule has 3 aromatic rings. The van der Waals surface area contributed by atoms with E-state index < -0.39 is 5.91 Å². The molecule has 1 amide bonds. The van der Waals surface area contributed by atoms with Crippen molar-refractivity contribution in [2.24, 2.45) is 0 Å². The number of nitrogens with one attached hydrogen (secondary N) is 1. The Kier molecular flexibility index (Phi) is 5.28. The number of aromatic hydroxyl groups is 1. The van der Waals surface area contributed by atoms with Crippen molar-refractivity contribution in [2.75, 3.05) is 5.32 Å². The molecule has 28 heavy (non-hydrogen) atoms. The third kappa shape index (κ3) is 3.94. The van der Waals surface area contributed by atoms with Gasteiger partial charge in [-0.2, -0.15) is 5.26 Å². The molecule has 6 heteroatoms. The van der Waals surface area contributed by atoms with Gasteiger partial charge in [-0.15, -0.1) is 0 Å². The summed E-state index contributed by atoms with van der Waals surface area (Å²) in [5, 5.41) is 21.4. The van der Waals surface area contributed by atoms with Gasteiger partial charge in [-0.25, -0.2) is 4.39 Å². The van der Waals surface area contributed by atoms with Crippen LogP contribution in [-0.2, 0) is 4.79 Å². The van der Waals surface area contributed by atoms with Gasteiger partial charge in [0.15, 0.2) is 0 Å². The summed E-state index contributed by atoms with van der Waals surface area (Å²) in [6.45, 7) is 3.72. The fourth-order valence-electron chi connectivity index (χ4n) is 2.99. The Morgan fingerprint density at radius 1 is 1.18 bits per heavy atom. The number of anilines is 1. The molecule has 1 heterocycles. The summed E-state index contributed by atoms with van der Waals surface area (Å²) in [6.07, 6.45) is 1.51. The maximum atomic E-state index is 13.6. The Bertz CT molecular complexity index is 1110. The molecule has 3 rings (SSSR count). The predicted molar refractivity (Wildman–Crippen MR) is 106 cm³/mol. The first-order valence-electron chi connectivity index (χ1n) is 8.56. The number of amides is 1. The van der Waals surface area contributed by atoms with Gasteiger partial charge < -0.3 is 15.0 Å². The van der Waals surface area contributed by atoms with Crippen LogP contribution in [-0.4, -0.2) is 15.6 Å². The number of carbonyl (C=O) groups is 1. The first-order chi connectivity index (χ1) is 13.4. The topological polar surface area (TPSA) is 78.1 Å². The minimum Gasteiger partial charge on any atom is -0.508 e. The summed E-state index contributed by atoms with van der Waals surface area (Å²) in [6, 6.07) is 15.9. The Hall–Kier alpha value is -3.85. The third-order valence-electron chi connectivity index (χ3n) is 4.33. The zero-order valence-corrected chi connectivity index (χ0v) is 15.4. The minimum absolute atomic E-state index is 0.0624. The van der Waals surface area contributed by atoms with Crippen molar-refractivity contribution in [1.29, 1.82) is 5.26 Å². The smallest absolute Gasteiger partial charge is 0.266 e. The Morgan fingerprint density at radius 3 is 2.54 bits per heavy atom. The molecule has 0 fully saturated rings. The molecule has 0 bridgehead atoms. The molecular formula is C22H18FN3O2. The highest BCUT2D eigenvalue weighted by atomic mass is 19.1. The monoisotopic (exact) mass is 375 g/mol. The summed E-state index contributed by atoms with van der Waals surface area (Å²) in [5.74, 6) is -0.810. The van der Waals surface area contributed by atoms with Crippen LogP contribution in [0, 0.1) is 31.0 Å². The summed E-state index contributed by atoms with van der Waals surface area (Å²) >= 11 is 0. The Morgan fingerprint density at radius 2 is 1.89 bits per heavy atom. The van der Waals surface area contributed by atoms with Gasteiger partial charge in [0.25, 0.3) is 5.91 Å². The van der Waals surface area contributed by atoms with Crippen molar-refractivity contribution in [2.45, 2.75) is 13.8 Å². The van der Waals surface area contributed by atoms with Crippen LogP contribution >= 0.6 is 0 Å². The second kappa shape index (κ2) is 7.80. The molecule has 2 N–H and O–H groups in total. The number of hydrogen-bond acceptors (Lipinski definition) is 3. The van der Waals surface area contributed by atoms with Crippen LogP contribution in [0.15, 0.2) is 60.2 Å². The minimum atomic E-state index is -0.552. The van der Waals surface area contributed by atoms with Crippen LogP contribution in [0.1, 0.15) is 17.0 Å². The zero-order chi connectivity index (χ0) is 20.3. The number of aryl methyl sites for hydroxylation is 1. The van der Waals surface area contributed by atoms with Gasteiger partial charge in [-0.1, -0.05) is 6.07 Å². The quantitative estimate of drug-likeness (QED) is 0.401. The van der Waals surface area contributed by atoms with Crippen LogP contribution < -0.4 is 5.32 Å². The molecule has 0 aliphatic heterocycles. The van der Waals surface area contributed by atoms with E-state index in [9.17, 15) is 19.6 Å². The number of phenols is 1. The van der Waals surface area contributed by atoms with Crippen molar-refractivity contribution >= 4 is 17.7 Å². The summed E-state index contributed by atoms with van der Waals surface area (Å²) < 4.78 is 15.5. The van der Waals surface area contributed by atoms with Gasteiger partial charge in [-0.05, 0) is 74.0 Å². The van der Waals surface area contributed by atoms with Crippen LogP contribution in [0.2, 0.25) is 0 Å². The maximum Gasteiger partial charge on any atom is 0.266 e. The first kappa shape index (κ1) is 18.9. The summed E-state index contributed by atoms with van der Waals surface area (Å²) in [5.41, 5.74) is 3.40. The molecule has 0 radical (unpaired) electrons. The molecule has 0 aliphatic carbocycles. The molecule has 2 aromatic carbocycles. The Balaban J connectivity index is 1.93. The van der Waals surface area contributed by atoms with Gasteiger partial charge in [0, 0.05) is 22.8 Å². The summed E-state index contributed by atoms with van der Waals surface area (Å²) in [7, 11) is 0. The van der Waals surface area contributed by atoms with E-state index in [-0.39, 0.29) is 17.1 Å². The molecule has 1 aromatic heterocycles. The number of aromatic nitrogens is 1.